The highest BCUT2D eigenvalue weighted by Gasteiger charge is 2.35. The summed E-state index contributed by atoms with van der Waals surface area (Å²) in [5, 5.41) is 25.7. The van der Waals surface area contributed by atoms with E-state index in [2.05, 4.69) is 0 Å². The Morgan fingerprint density at radius 3 is 2.22 bits per heavy atom. The number of hydrogen-bond acceptors (Lipinski definition) is 5. The highest BCUT2D eigenvalue weighted by Crippen LogP contribution is 2.05. The number of hydroxylamine groups is 2. The first-order valence-electron chi connectivity index (χ1n) is 2.30. The van der Waals surface area contributed by atoms with Gasteiger partial charge < -0.3 is 5.11 Å². The lowest BCUT2D eigenvalue weighted by molar-refractivity contribution is -0.326. The van der Waals surface area contributed by atoms with E-state index in [1.807, 2.05) is 0 Å². The lowest BCUT2D eigenvalue weighted by atomic mass is 10.4. The maximum Gasteiger partial charge on any atom is 0.293 e. The fraction of sp³-hybridized carbons (Fsp3) is 0.667. The molecule has 6 nitrogen and oxygen atoms in total. The quantitative estimate of drug-likeness (QED) is 0.340. The van der Waals surface area contributed by atoms with Crippen molar-refractivity contribution in [3.63, 3.8) is 0 Å². The second-order valence-electron chi connectivity index (χ2n) is 1.70. The van der Waals surface area contributed by atoms with Gasteiger partial charge in [-0.3, -0.25) is 15.2 Å². The average Bonchev–Trinajstić information content (AvgIpc) is 1.98. The van der Waals surface area contributed by atoms with Crippen LogP contribution in [0.4, 0.5) is 0 Å². The first kappa shape index (κ1) is 6.43. The van der Waals surface area contributed by atoms with Crippen LogP contribution in [-0.4, -0.2) is 44.4 Å². The second kappa shape index (κ2) is 1.92. The molecule has 0 aliphatic carbocycles. The summed E-state index contributed by atoms with van der Waals surface area (Å²) in [5.74, 6) is -0.919. The second-order valence-corrected chi connectivity index (χ2v) is 1.70. The van der Waals surface area contributed by atoms with Crippen LogP contribution in [0.25, 0.3) is 0 Å². The van der Waals surface area contributed by atoms with Crippen molar-refractivity contribution in [2.75, 3.05) is 6.54 Å². The van der Waals surface area contributed by atoms with E-state index in [0.29, 0.717) is 0 Å². The third kappa shape index (κ3) is 0.879. The molecule has 9 heavy (non-hydrogen) atoms. The van der Waals surface area contributed by atoms with Crippen molar-refractivity contribution in [1.82, 2.24) is 10.3 Å². The summed E-state index contributed by atoms with van der Waals surface area (Å²) in [4.78, 5) is 10.3. The first-order chi connectivity index (χ1) is 4.13. The van der Waals surface area contributed by atoms with Crippen molar-refractivity contribution in [2.45, 2.75) is 6.10 Å². The first-order valence-corrected chi connectivity index (χ1v) is 2.30. The average molecular weight is 134 g/mol. The van der Waals surface area contributed by atoms with Crippen LogP contribution in [0.3, 0.4) is 0 Å². The molecule has 3 N–H and O–H groups in total. The Balaban J connectivity index is 2.65. The number of β-amino-alcohol motifs (C(OH)–C–C–N with tert-alkyl or cyclic N) is 1. The molecule has 1 atom stereocenters. The van der Waals surface area contributed by atoms with E-state index in [1.165, 1.54) is 0 Å². The number of hydrazine groups is 1. The van der Waals surface area contributed by atoms with E-state index in [1.54, 1.807) is 0 Å². The van der Waals surface area contributed by atoms with Crippen LogP contribution in [0.5, 0.6) is 0 Å². The summed E-state index contributed by atoms with van der Waals surface area (Å²) in [6, 6.07) is 0. The predicted molar refractivity (Wildman–Crippen MR) is 23.1 cm³/mol. The summed E-state index contributed by atoms with van der Waals surface area (Å²) < 4.78 is 0. The Hall–Kier alpha value is -0.690. The standard InChI is InChI=1S/C3H6N2O4/c6-2-1-4(8)5(9)3(2)7/h2,6,8-9H,1H2. The molecule has 0 aromatic carbocycles. The highest BCUT2D eigenvalue weighted by molar-refractivity contribution is 5.80. The third-order valence-corrected chi connectivity index (χ3v) is 1.04. The largest absolute Gasteiger partial charge is 0.382 e. The van der Waals surface area contributed by atoms with Gasteiger partial charge in [-0.2, -0.15) is 0 Å². The number of amides is 1. The van der Waals surface area contributed by atoms with Crippen LogP contribution in [-0.2, 0) is 4.79 Å². The zero-order chi connectivity index (χ0) is 7.02. The molecule has 1 rings (SSSR count). The molecule has 52 valence electrons. The molecular formula is C3H6N2O4. The smallest absolute Gasteiger partial charge is 0.293 e. The van der Waals surface area contributed by atoms with Gasteiger partial charge in [-0.05, 0) is 0 Å². The van der Waals surface area contributed by atoms with Crippen LogP contribution in [0.2, 0.25) is 0 Å². The Kier molecular flexibility index (Phi) is 1.37. The van der Waals surface area contributed by atoms with Gasteiger partial charge in [0, 0.05) is 0 Å². The molecule has 6 heteroatoms. The number of aliphatic hydroxyl groups is 1. The Morgan fingerprint density at radius 2 is 2.11 bits per heavy atom. The summed E-state index contributed by atoms with van der Waals surface area (Å²) in [6.07, 6.45) is -1.32. The number of carbonyl (C=O) groups excluding carboxylic acids is 1. The van der Waals surface area contributed by atoms with Crippen LogP contribution >= 0.6 is 0 Å². The minimum atomic E-state index is -1.32. The molecule has 1 heterocycles. The van der Waals surface area contributed by atoms with Crippen LogP contribution in [0.1, 0.15) is 0 Å². The lowest BCUT2D eigenvalue weighted by Crippen LogP contribution is -2.33. The molecule has 0 saturated carbocycles. The van der Waals surface area contributed by atoms with Gasteiger partial charge in [-0.1, -0.05) is 5.17 Å². The normalized spacial score (nSPS) is 29.9. The van der Waals surface area contributed by atoms with Crippen LogP contribution in [0.15, 0.2) is 0 Å². The maximum atomic E-state index is 10.3. The summed E-state index contributed by atoms with van der Waals surface area (Å²) in [6.45, 7) is -0.282. The van der Waals surface area contributed by atoms with Crippen molar-refractivity contribution < 1.29 is 20.3 Å². The molecule has 1 aliphatic heterocycles. The highest BCUT2D eigenvalue weighted by atomic mass is 16.7. The molecule has 1 saturated heterocycles. The predicted octanol–water partition coefficient (Wildman–Crippen LogP) is -1.82. The fourth-order valence-corrected chi connectivity index (χ4v) is 0.557. The zero-order valence-corrected chi connectivity index (χ0v) is 4.43. The molecule has 0 aromatic heterocycles. The van der Waals surface area contributed by atoms with Crippen molar-refractivity contribution in [3.8, 4) is 0 Å². The SMILES string of the molecule is O=C1C(O)CN(O)N1O. The molecule has 1 amide bonds. The van der Waals surface area contributed by atoms with Crippen molar-refractivity contribution in [2.24, 2.45) is 0 Å². The Labute approximate surface area is 50.4 Å². The summed E-state index contributed by atoms with van der Waals surface area (Å²) in [5.41, 5.74) is 0. The van der Waals surface area contributed by atoms with Crippen molar-refractivity contribution >= 4 is 5.91 Å². The minimum Gasteiger partial charge on any atom is -0.382 e. The number of aliphatic hydroxyl groups excluding tert-OH is 1. The van der Waals surface area contributed by atoms with Crippen molar-refractivity contribution in [1.29, 1.82) is 0 Å². The van der Waals surface area contributed by atoms with E-state index in [4.69, 9.17) is 15.5 Å². The molecule has 0 spiro atoms. The van der Waals surface area contributed by atoms with Crippen LogP contribution in [0, 0.1) is 0 Å². The van der Waals surface area contributed by atoms with Gasteiger partial charge in [0.15, 0.2) is 6.10 Å². The Morgan fingerprint density at radius 1 is 1.56 bits per heavy atom. The maximum absolute atomic E-state index is 10.3. The Bertz CT molecular complexity index is 138. The number of hydrogen-bond donors (Lipinski definition) is 3. The number of rotatable bonds is 0. The summed E-state index contributed by atoms with van der Waals surface area (Å²) >= 11 is 0. The molecule has 0 bridgehead atoms. The minimum absolute atomic E-state index is 0.0370. The molecule has 1 fully saturated rings. The summed E-state index contributed by atoms with van der Waals surface area (Å²) in [7, 11) is 0. The molecule has 0 radical (unpaired) electrons. The van der Waals surface area contributed by atoms with Gasteiger partial charge in [0.1, 0.15) is 0 Å². The van der Waals surface area contributed by atoms with E-state index in [9.17, 15) is 4.79 Å². The van der Waals surface area contributed by atoms with Gasteiger partial charge in [0.2, 0.25) is 0 Å². The molecular weight excluding hydrogens is 128 g/mol. The zero-order valence-electron chi connectivity index (χ0n) is 4.43. The van der Waals surface area contributed by atoms with E-state index in [0.717, 1.165) is 0 Å². The van der Waals surface area contributed by atoms with Gasteiger partial charge >= 0.3 is 0 Å². The van der Waals surface area contributed by atoms with Crippen LogP contribution < -0.4 is 0 Å². The van der Waals surface area contributed by atoms with E-state index in [-0.39, 0.29) is 16.9 Å². The van der Waals surface area contributed by atoms with E-state index < -0.39 is 12.0 Å². The fourth-order valence-electron chi connectivity index (χ4n) is 0.557. The number of nitrogens with zero attached hydrogens (tertiary/aromatic N) is 2. The monoisotopic (exact) mass is 134 g/mol. The van der Waals surface area contributed by atoms with Gasteiger partial charge in [-0.25, -0.2) is 0 Å². The number of carbonyl (C=O) groups is 1. The van der Waals surface area contributed by atoms with Gasteiger partial charge in [0.05, 0.1) is 6.54 Å². The third-order valence-electron chi connectivity index (χ3n) is 1.04. The van der Waals surface area contributed by atoms with Gasteiger partial charge in [0.25, 0.3) is 5.91 Å². The molecule has 1 unspecified atom stereocenters. The molecule has 1 aliphatic rings. The molecule has 0 aromatic rings. The van der Waals surface area contributed by atoms with Gasteiger partial charge in [-0.15, -0.1) is 5.17 Å². The van der Waals surface area contributed by atoms with E-state index >= 15 is 0 Å². The topological polar surface area (TPSA) is 84.2 Å². The lowest BCUT2D eigenvalue weighted by Gasteiger charge is -2.11. The van der Waals surface area contributed by atoms with Crippen molar-refractivity contribution in [3.05, 3.63) is 0 Å².